The smallest absolute Gasteiger partial charge is 0.322 e. The van der Waals surface area contributed by atoms with Crippen LogP contribution in [0.25, 0.3) is 11.0 Å². The molecule has 0 saturated heterocycles. The molecule has 2 aromatic heterocycles. The molecular weight excluding hydrogens is 308 g/mol. The highest BCUT2D eigenvalue weighted by Crippen LogP contribution is 2.15. The van der Waals surface area contributed by atoms with Crippen LogP contribution in [-0.4, -0.2) is 20.4 Å². The molecule has 0 aliphatic rings. The number of anilines is 1. The summed E-state index contributed by atoms with van der Waals surface area (Å²) in [6, 6.07) is 8.84. The first kappa shape index (κ1) is 15.7. The van der Waals surface area contributed by atoms with E-state index < -0.39 is 11.2 Å². The van der Waals surface area contributed by atoms with E-state index in [-0.39, 0.29) is 22.5 Å². The topological polar surface area (TPSA) is 96.9 Å². The molecule has 1 aromatic carbocycles. The lowest BCUT2D eigenvalue weighted by molar-refractivity contribution is 0.102. The van der Waals surface area contributed by atoms with Gasteiger partial charge in [0.25, 0.3) is 11.5 Å². The van der Waals surface area contributed by atoms with Crippen molar-refractivity contribution in [3.8, 4) is 0 Å². The molecule has 7 nitrogen and oxygen atoms in total. The van der Waals surface area contributed by atoms with E-state index >= 15 is 0 Å². The van der Waals surface area contributed by atoms with Crippen LogP contribution in [0.5, 0.6) is 0 Å². The first-order valence-corrected chi connectivity index (χ1v) is 7.35. The van der Waals surface area contributed by atoms with Crippen molar-refractivity contribution in [2.45, 2.75) is 13.8 Å². The van der Waals surface area contributed by atoms with Crippen molar-refractivity contribution >= 4 is 22.6 Å². The lowest BCUT2D eigenvalue weighted by Gasteiger charge is -2.10. The van der Waals surface area contributed by atoms with Crippen molar-refractivity contribution < 1.29 is 4.79 Å². The van der Waals surface area contributed by atoms with Crippen LogP contribution >= 0.6 is 0 Å². The third-order valence-corrected chi connectivity index (χ3v) is 3.83. The molecule has 0 atom stereocenters. The van der Waals surface area contributed by atoms with Gasteiger partial charge in [-0.05, 0) is 32.0 Å². The highest BCUT2D eigenvalue weighted by molar-refractivity contribution is 6.06. The molecule has 0 aliphatic heterocycles. The van der Waals surface area contributed by atoms with Crippen LogP contribution in [0.2, 0.25) is 0 Å². The minimum Gasteiger partial charge on any atom is -0.322 e. The van der Waals surface area contributed by atoms with Gasteiger partial charge in [-0.3, -0.25) is 19.1 Å². The molecule has 122 valence electrons. The number of pyridine rings is 1. The van der Waals surface area contributed by atoms with Crippen molar-refractivity contribution in [1.29, 1.82) is 0 Å². The molecule has 0 unspecified atom stereocenters. The second-order valence-electron chi connectivity index (χ2n) is 5.63. The fraction of sp³-hybridized carbons (Fsp3) is 0.176. The zero-order chi connectivity index (χ0) is 17.4. The Balaban J connectivity index is 2.08. The number of hydrogen-bond acceptors (Lipinski definition) is 4. The molecule has 3 rings (SSSR count). The van der Waals surface area contributed by atoms with Crippen LogP contribution in [0.3, 0.4) is 0 Å². The average molecular weight is 324 g/mol. The summed E-state index contributed by atoms with van der Waals surface area (Å²) in [5, 5.41) is 2.97. The standard InChI is InChI=1S/C17H16N4O3/c1-9-4-6-11(7-5-9)19-15(22)12-8-13-14(18-10(12)2)21(3)17(24)20-16(13)23/h4-8H,1-3H3,(H,19,22)(H,20,23,24). The van der Waals surface area contributed by atoms with Gasteiger partial charge in [0.05, 0.1) is 16.6 Å². The third kappa shape index (κ3) is 2.71. The minimum atomic E-state index is -0.565. The Bertz CT molecular complexity index is 1060. The summed E-state index contributed by atoms with van der Waals surface area (Å²) in [6.07, 6.45) is 0. The lowest BCUT2D eigenvalue weighted by atomic mass is 10.1. The van der Waals surface area contributed by atoms with E-state index in [2.05, 4.69) is 15.3 Å². The quantitative estimate of drug-likeness (QED) is 0.746. The first-order chi connectivity index (χ1) is 11.4. The number of fused-ring (bicyclic) bond motifs is 1. The summed E-state index contributed by atoms with van der Waals surface area (Å²) < 4.78 is 1.24. The summed E-state index contributed by atoms with van der Waals surface area (Å²) in [7, 11) is 1.51. The molecule has 2 heterocycles. The SMILES string of the molecule is Cc1ccc(NC(=O)c2cc3c(=O)[nH]c(=O)n(C)c3nc2C)cc1. The lowest BCUT2D eigenvalue weighted by Crippen LogP contribution is -2.29. The number of rotatable bonds is 2. The molecule has 2 N–H and O–H groups in total. The molecule has 0 fully saturated rings. The van der Waals surface area contributed by atoms with Gasteiger partial charge in [-0.2, -0.15) is 0 Å². The minimum absolute atomic E-state index is 0.191. The van der Waals surface area contributed by atoms with Crippen molar-refractivity contribution in [2.24, 2.45) is 7.05 Å². The summed E-state index contributed by atoms with van der Waals surface area (Å²) in [4.78, 5) is 42.6. The molecule has 0 saturated carbocycles. The monoisotopic (exact) mass is 324 g/mol. The highest BCUT2D eigenvalue weighted by Gasteiger charge is 2.15. The molecular formula is C17H16N4O3. The number of aryl methyl sites for hydroxylation is 3. The van der Waals surface area contributed by atoms with Crippen LogP contribution in [-0.2, 0) is 7.05 Å². The molecule has 0 radical (unpaired) electrons. The maximum Gasteiger partial charge on any atom is 0.329 e. The van der Waals surface area contributed by atoms with Crippen molar-refractivity contribution in [3.05, 3.63) is 68.0 Å². The van der Waals surface area contributed by atoms with Crippen LogP contribution in [0.4, 0.5) is 5.69 Å². The van der Waals surface area contributed by atoms with E-state index in [1.807, 2.05) is 19.1 Å². The number of nitrogens with one attached hydrogen (secondary N) is 2. The number of aromatic nitrogens is 3. The number of amides is 1. The predicted octanol–water partition coefficient (Wildman–Crippen LogP) is 1.49. The van der Waals surface area contributed by atoms with Gasteiger partial charge in [0.1, 0.15) is 5.65 Å². The largest absolute Gasteiger partial charge is 0.329 e. The molecule has 3 aromatic rings. The Labute approximate surface area is 137 Å². The normalized spacial score (nSPS) is 10.8. The van der Waals surface area contributed by atoms with E-state index in [9.17, 15) is 14.4 Å². The number of carbonyl (C=O) groups is 1. The molecule has 0 aliphatic carbocycles. The third-order valence-electron chi connectivity index (χ3n) is 3.83. The molecule has 7 heteroatoms. The van der Waals surface area contributed by atoms with Crippen LogP contribution < -0.4 is 16.6 Å². The Morgan fingerprint density at radius 3 is 2.50 bits per heavy atom. The van der Waals surface area contributed by atoms with Gasteiger partial charge in [0.15, 0.2) is 0 Å². The number of nitrogens with zero attached hydrogens (tertiary/aromatic N) is 2. The Morgan fingerprint density at radius 2 is 1.83 bits per heavy atom. The second-order valence-corrected chi connectivity index (χ2v) is 5.63. The molecule has 0 spiro atoms. The van der Waals surface area contributed by atoms with E-state index in [4.69, 9.17) is 0 Å². The number of carbonyl (C=O) groups excluding carboxylic acids is 1. The Hall–Kier alpha value is -3.22. The van der Waals surface area contributed by atoms with Crippen LogP contribution in [0.1, 0.15) is 21.6 Å². The first-order valence-electron chi connectivity index (χ1n) is 7.35. The van der Waals surface area contributed by atoms with Gasteiger partial charge >= 0.3 is 5.69 Å². The van der Waals surface area contributed by atoms with Crippen LogP contribution in [0, 0.1) is 13.8 Å². The number of aromatic amines is 1. The number of benzene rings is 1. The van der Waals surface area contributed by atoms with Gasteiger partial charge in [0.2, 0.25) is 0 Å². The average Bonchev–Trinajstić information content (AvgIpc) is 2.54. The van der Waals surface area contributed by atoms with E-state index in [1.165, 1.54) is 17.7 Å². The van der Waals surface area contributed by atoms with Crippen molar-refractivity contribution in [3.63, 3.8) is 0 Å². The van der Waals surface area contributed by atoms with Gasteiger partial charge in [0, 0.05) is 12.7 Å². The predicted molar refractivity (Wildman–Crippen MR) is 91.5 cm³/mol. The number of H-pyrrole nitrogens is 1. The zero-order valence-electron chi connectivity index (χ0n) is 13.5. The summed E-state index contributed by atoms with van der Waals surface area (Å²) in [6.45, 7) is 3.62. The second kappa shape index (κ2) is 5.77. The summed E-state index contributed by atoms with van der Waals surface area (Å²) in [5.41, 5.74) is 1.60. The van der Waals surface area contributed by atoms with E-state index in [1.54, 1.807) is 19.1 Å². The van der Waals surface area contributed by atoms with Gasteiger partial charge in [-0.1, -0.05) is 17.7 Å². The zero-order valence-corrected chi connectivity index (χ0v) is 13.5. The molecule has 24 heavy (non-hydrogen) atoms. The fourth-order valence-corrected chi connectivity index (χ4v) is 2.43. The van der Waals surface area contributed by atoms with E-state index in [0.717, 1.165) is 5.56 Å². The van der Waals surface area contributed by atoms with Crippen molar-refractivity contribution in [1.82, 2.24) is 14.5 Å². The van der Waals surface area contributed by atoms with Gasteiger partial charge in [-0.15, -0.1) is 0 Å². The van der Waals surface area contributed by atoms with E-state index in [0.29, 0.717) is 11.4 Å². The van der Waals surface area contributed by atoms with Gasteiger partial charge < -0.3 is 5.32 Å². The van der Waals surface area contributed by atoms with Crippen LogP contribution in [0.15, 0.2) is 39.9 Å². The van der Waals surface area contributed by atoms with Crippen molar-refractivity contribution in [2.75, 3.05) is 5.32 Å². The molecule has 0 bridgehead atoms. The fourth-order valence-electron chi connectivity index (χ4n) is 2.43. The summed E-state index contributed by atoms with van der Waals surface area (Å²) in [5.74, 6) is -0.362. The highest BCUT2D eigenvalue weighted by atomic mass is 16.2. The Kier molecular flexibility index (Phi) is 3.76. The summed E-state index contributed by atoms with van der Waals surface area (Å²) >= 11 is 0. The maximum absolute atomic E-state index is 12.5. The number of hydrogen-bond donors (Lipinski definition) is 2. The maximum atomic E-state index is 12.5. The van der Waals surface area contributed by atoms with Gasteiger partial charge in [-0.25, -0.2) is 9.78 Å². The Morgan fingerprint density at radius 1 is 1.17 bits per heavy atom. The molecule has 1 amide bonds.